The molecule has 4 heteroatoms. The van der Waals surface area contributed by atoms with Crippen LogP contribution < -0.4 is 10.6 Å². The normalized spacial score (nSPS) is 34.2. The van der Waals surface area contributed by atoms with Gasteiger partial charge in [-0.1, -0.05) is 0 Å². The fraction of sp³-hybridized carbons (Fsp3) is 0.917. The van der Waals surface area contributed by atoms with Gasteiger partial charge in [-0.2, -0.15) is 0 Å². The summed E-state index contributed by atoms with van der Waals surface area (Å²) < 4.78 is 5.39. The molecular weight excluding hydrogens is 204 g/mol. The van der Waals surface area contributed by atoms with E-state index in [1.54, 1.807) is 0 Å². The minimum atomic E-state index is 0.0755. The molecule has 2 aliphatic heterocycles. The average Bonchev–Trinajstić information content (AvgIpc) is 2.89. The summed E-state index contributed by atoms with van der Waals surface area (Å²) in [5.41, 5.74) is 0. The van der Waals surface area contributed by atoms with Crippen LogP contribution in [0.2, 0.25) is 0 Å². The lowest BCUT2D eigenvalue weighted by molar-refractivity contribution is -0.124. The predicted octanol–water partition coefficient (Wildman–Crippen LogP) is 0.670. The zero-order valence-corrected chi connectivity index (χ0v) is 10.00. The molecule has 0 spiro atoms. The summed E-state index contributed by atoms with van der Waals surface area (Å²) in [6, 6.07) is 0.610. The average molecular weight is 226 g/mol. The van der Waals surface area contributed by atoms with Crippen LogP contribution in [0.5, 0.6) is 0 Å². The summed E-state index contributed by atoms with van der Waals surface area (Å²) in [5, 5.41) is 6.44. The lowest BCUT2D eigenvalue weighted by Gasteiger charge is -2.12. The molecule has 0 saturated carbocycles. The topological polar surface area (TPSA) is 50.4 Å². The van der Waals surface area contributed by atoms with E-state index in [0.29, 0.717) is 12.6 Å². The molecule has 16 heavy (non-hydrogen) atoms. The highest BCUT2D eigenvalue weighted by Crippen LogP contribution is 2.18. The molecule has 0 radical (unpaired) electrons. The van der Waals surface area contributed by atoms with Crippen LogP contribution in [-0.2, 0) is 9.53 Å². The molecule has 2 fully saturated rings. The van der Waals surface area contributed by atoms with E-state index < -0.39 is 0 Å². The van der Waals surface area contributed by atoms with E-state index in [-0.39, 0.29) is 17.9 Å². The van der Waals surface area contributed by atoms with Gasteiger partial charge in [-0.05, 0) is 39.2 Å². The summed E-state index contributed by atoms with van der Waals surface area (Å²) in [6.45, 7) is 4.54. The fourth-order valence-corrected chi connectivity index (χ4v) is 2.52. The van der Waals surface area contributed by atoms with Crippen molar-refractivity contribution in [2.75, 3.05) is 19.7 Å². The van der Waals surface area contributed by atoms with Gasteiger partial charge in [0, 0.05) is 12.6 Å². The molecule has 0 aromatic carbocycles. The first-order valence-electron chi connectivity index (χ1n) is 6.38. The second kappa shape index (κ2) is 5.64. The van der Waals surface area contributed by atoms with Crippen molar-refractivity contribution in [1.82, 2.24) is 10.6 Å². The van der Waals surface area contributed by atoms with E-state index in [2.05, 4.69) is 10.6 Å². The largest absolute Gasteiger partial charge is 0.378 e. The number of carbonyl (C=O) groups excluding carboxylic acids is 1. The molecule has 2 rings (SSSR count). The molecule has 2 saturated heterocycles. The number of carbonyl (C=O) groups is 1. The van der Waals surface area contributed by atoms with E-state index in [4.69, 9.17) is 4.74 Å². The lowest BCUT2D eigenvalue weighted by atomic mass is 10.1. The molecule has 4 nitrogen and oxygen atoms in total. The van der Waals surface area contributed by atoms with Crippen LogP contribution in [0.25, 0.3) is 0 Å². The van der Waals surface area contributed by atoms with E-state index in [9.17, 15) is 4.79 Å². The molecular formula is C12H22N2O2. The lowest BCUT2D eigenvalue weighted by Crippen LogP contribution is -2.34. The quantitative estimate of drug-likeness (QED) is 0.741. The zero-order chi connectivity index (χ0) is 11.4. The standard InChI is InChI=1S/C12H22N2O2/c1-9-7-10(8-16-9)12(15)14-6-4-11-3-2-5-13-11/h9-11,13H,2-8H2,1H3,(H,14,15). The summed E-state index contributed by atoms with van der Waals surface area (Å²) in [7, 11) is 0. The molecule has 2 aliphatic rings. The highest BCUT2D eigenvalue weighted by atomic mass is 16.5. The maximum absolute atomic E-state index is 11.8. The first kappa shape index (κ1) is 11.9. The third-order valence-corrected chi connectivity index (χ3v) is 3.52. The van der Waals surface area contributed by atoms with Crippen LogP contribution in [0, 0.1) is 5.92 Å². The number of ether oxygens (including phenoxy) is 1. The van der Waals surface area contributed by atoms with Crippen LogP contribution in [0.3, 0.4) is 0 Å². The third kappa shape index (κ3) is 3.19. The Hall–Kier alpha value is -0.610. The molecule has 2 heterocycles. The zero-order valence-electron chi connectivity index (χ0n) is 10.00. The van der Waals surface area contributed by atoms with Gasteiger partial charge in [0.15, 0.2) is 0 Å². The minimum Gasteiger partial charge on any atom is -0.378 e. The SMILES string of the molecule is CC1CC(C(=O)NCCC2CCCN2)CO1. The van der Waals surface area contributed by atoms with Gasteiger partial charge in [0.2, 0.25) is 5.91 Å². The Morgan fingerprint density at radius 3 is 3.06 bits per heavy atom. The van der Waals surface area contributed by atoms with E-state index in [1.807, 2.05) is 6.92 Å². The van der Waals surface area contributed by atoms with Crippen LogP contribution in [0.4, 0.5) is 0 Å². The first-order valence-corrected chi connectivity index (χ1v) is 6.38. The molecule has 0 bridgehead atoms. The van der Waals surface area contributed by atoms with Gasteiger partial charge in [0.1, 0.15) is 0 Å². The van der Waals surface area contributed by atoms with E-state index >= 15 is 0 Å². The van der Waals surface area contributed by atoms with Gasteiger partial charge in [-0.15, -0.1) is 0 Å². The van der Waals surface area contributed by atoms with Crippen molar-refractivity contribution in [3.05, 3.63) is 0 Å². The van der Waals surface area contributed by atoms with Crippen LogP contribution >= 0.6 is 0 Å². The van der Waals surface area contributed by atoms with Gasteiger partial charge in [0.25, 0.3) is 0 Å². The second-order valence-corrected chi connectivity index (χ2v) is 4.95. The summed E-state index contributed by atoms with van der Waals surface area (Å²) in [5.74, 6) is 0.244. The van der Waals surface area contributed by atoms with E-state index in [0.717, 1.165) is 25.9 Å². The Bertz CT molecular complexity index is 239. The molecule has 0 aliphatic carbocycles. The van der Waals surface area contributed by atoms with Gasteiger partial charge >= 0.3 is 0 Å². The molecule has 0 aromatic heterocycles. The van der Waals surface area contributed by atoms with Crippen molar-refractivity contribution in [3.63, 3.8) is 0 Å². The summed E-state index contributed by atoms with van der Waals surface area (Å²) in [6.07, 6.45) is 4.68. The number of amides is 1. The highest BCUT2D eigenvalue weighted by Gasteiger charge is 2.28. The molecule has 1 amide bonds. The smallest absolute Gasteiger partial charge is 0.225 e. The molecule has 0 aromatic rings. The predicted molar refractivity (Wildman–Crippen MR) is 62.2 cm³/mol. The summed E-state index contributed by atoms with van der Waals surface area (Å²) >= 11 is 0. The highest BCUT2D eigenvalue weighted by molar-refractivity contribution is 5.79. The van der Waals surface area contributed by atoms with Crippen molar-refractivity contribution in [1.29, 1.82) is 0 Å². The number of hydrogen-bond donors (Lipinski definition) is 2. The van der Waals surface area contributed by atoms with Gasteiger partial charge < -0.3 is 15.4 Å². The number of hydrogen-bond acceptors (Lipinski definition) is 3. The van der Waals surface area contributed by atoms with Crippen molar-refractivity contribution >= 4 is 5.91 Å². The number of nitrogens with one attached hydrogen (secondary N) is 2. The Balaban J connectivity index is 1.60. The van der Waals surface area contributed by atoms with Crippen molar-refractivity contribution in [3.8, 4) is 0 Å². The van der Waals surface area contributed by atoms with Crippen LogP contribution in [-0.4, -0.2) is 37.7 Å². The Morgan fingerprint density at radius 2 is 2.44 bits per heavy atom. The molecule has 2 N–H and O–H groups in total. The van der Waals surface area contributed by atoms with Gasteiger partial charge in [0.05, 0.1) is 18.6 Å². The molecule has 92 valence electrons. The van der Waals surface area contributed by atoms with E-state index in [1.165, 1.54) is 12.8 Å². The fourth-order valence-electron chi connectivity index (χ4n) is 2.52. The second-order valence-electron chi connectivity index (χ2n) is 4.95. The number of rotatable bonds is 4. The van der Waals surface area contributed by atoms with Crippen molar-refractivity contribution in [2.45, 2.75) is 44.8 Å². The molecule has 3 atom stereocenters. The summed E-state index contributed by atoms with van der Waals surface area (Å²) in [4.78, 5) is 11.8. The van der Waals surface area contributed by atoms with Crippen LogP contribution in [0.15, 0.2) is 0 Å². The van der Waals surface area contributed by atoms with Gasteiger partial charge in [-0.25, -0.2) is 0 Å². The Kier molecular flexibility index (Phi) is 4.18. The minimum absolute atomic E-state index is 0.0755. The van der Waals surface area contributed by atoms with Gasteiger partial charge in [-0.3, -0.25) is 4.79 Å². The van der Waals surface area contributed by atoms with Crippen LogP contribution in [0.1, 0.15) is 32.6 Å². The molecule has 3 unspecified atom stereocenters. The monoisotopic (exact) mass is 226 g/mol. The maximum atomic E-state index is 11.8. The third-order valence-electron chi connectivity index (χ3n) is 3.52. The maximum Gasteiger partial charge on any atom is 0.225 e. The van der Waals surface area contributed by atoms with Crippen molar-refractivity contribution < 1.29 is 9.53 Å². The van der Waals surface area contributed by atoms with Crippen molar-refractivity contribution in [2.24, 2.45) is 5.92 Å². The Morgan fingerprint density at radius 1 is 1.56 bits per heavy atom. The first-order chi connectivity index (χ1) is 7.75. The Labute approximate surface area is 97.1 Å².